The van der Waals surface area contributed by atoms with E-state index in [0.717, 1.165) is 0 Å². The molecule has 0 saturated heterocycles. The maximum atomic E-state index is 8.39. The molecular formula is C10H18Cl2N4O2. The molecule has 0 amide bonds. The minimum Gasteiger partial charge on any atom is -0.395 e. The van der Waals surface area contributed by atoms with Gasteiger partial charge in [-0.1, -0.05) is 0 Å². The molecule has 104 valence electrons. The SMILES string of the molecule is Cl.Cl.OCCn1ccnc1.OCCn1ccnc1. The van der Waals surface area contributed by atoms with E-state index in [9.17, 15) is 0 Å². The van der Waals surface area contributed by atoms with Crippen LogP contribution in [0.3, 0.4) is 0 Å². The van der Waals surface area contributed by atoms with Gasteiger partial charge in [-0.05, 0) is 0 Å². The van der Waals surface area contributed by atoms with Gasteiger partial charge >= 0.3 is 0 Å². The molecule has 18 heavy (non-hydrogen) atoms. The van der Waals surface area contributed by atoms with Crippen LogP contribution < -0.4 is 0 Å². The van der Waals surface area contributed by atoms with Gasteiger partial charge in [0, 0.05) is 37.9 Å². The third kappa shape index (κ3) is 8.08. The molecule has 2 heterocycles. The van der Waals surface area contributed by atoms with E-state index in [1.807, 2.05) is 21.5 Å². The van der Waals surface area contributed by atoms with Gasteiger partial charge in [-0.3, -0.25) is 0 Å². The molecule has 0 aliphatic rings. The molecule has 2 aromatic heterocycles. The van der Waals surface area contributed by atoms with Crippen LogP contribution in [0.2, 0.25) is 0 Å². The Labute approximate surface area is 118 Å². The van der Waals surface area contributed by atoms with E-state index in [1.165, 1.54) is 0 Å². The second kappa shape index (κ2) is 12.4. The summed E-state index contributed by atoms with van der Waals surface area (Å²) in [5.41, 5.74) is 0. The number of rotatable bonds is 4. The predicted molar refractivity (Wildman–Crippen MR) is 73.1 cm³/mol. The number of hydrogen-bond acceptors (Lipinski definition) is 4. The maximum absolute atomic E-state index is 8.39. The minimum absolute atomic E-state index is 0. The summed E-state index contributed by atoms with van der Waals surface area (Å²) in [6.07, 6.45) is 10.4. The van der Waals surface area contributed by atoms with Crippen LogP contribution in [0.1, 0.15) is 0 Å². The van der Waals surface area contributed by atoms with Crippen molar-refractivity contribution in [3.05, 3.63) is 37.4 Å². The zero-order chi connectivity index (χ0) is 11.6. The van der Waals surface area contributed by atoms with Crippen molar-refractivity contribution in [1.82, 2.24) is 19.1 Å². The minimum atomic E-state index is 0. The monoisotopic (exact) mass is 296 g/mol. The number of hydrogen-bond donors (Lipinski definition) is 2. The number of nitrogens with zero attached hydrogens (tertiary/aromatic N) is 4. The first kappa shape index (κ1) is 19.3. The summed E-state index contributed by atoms with van der Waals surface area (Å²) < 4.78 is 3.64. The fourth-order valence-electron chi connectivity index (χ4n) is 1.07. The lowest BCUT2D eigenvalue weighted by Gasteiger charge is -1.92. The highest BCUT2D eigenvalue weighted by Gasteiger charge is 1.83. The maximum Gasteiger partial charge on any atom is 0.0946 e. The number of aliphatic hydroxyl groups excluding tert-OH is 2. The van der Waals surface area contributed by atoms with Crippen LogP contribution in [0.15, 0.2) is 37.4 Å². The zero-order valence-corrected chi connectivity index (χ0v) is 11.4. The average molecular weight is 297 g/mol. The van der Waals surface area contributed by atoms with Crippen LogP contribution in [-0.4, -0.2) is 42.5 Å². The van der Waals surface area contributed by atoms with Crippen molar-refractivity contribution in [3.63, 3.8) is 0 Å². The molecule has 0 aliphatic heterocycles. The lowest BCUT2D eigenvalue weighted by atomic mass is 10.7. The van der Waals surface area contributed by atoms with E-state index in [-0.39, 0.29) is 38.0 Å². The Bertz CT molecular complexity index is 318. The second-order valence-corrected chi connectivity index (χ2v) is 3.05. The van der Waals surface area contributed by atoms with E-state index in [1.54, 1.807) is 25.0 Å². The fraction of sp³-hybridized carbons (Fsp3) is 0.400. The fourth-order valence-corrected chi connectivity index (χ4v) is 1.07. The van der Waals surface area contributed by atoms with Gasteiger partial charge in [-0.2, -0.15) is 0 Å². The van der Waals surface area contributed by atoms with Crippen molar-refractivity contribution >= 4 is 24.8 Å². The predicted octanol–water partition coefficient (Wildman–Crippen LogP) is 0.594. The molecule has 0 fully saturated rings. The quantitative estimate of drug-likeness (QED) is 0.866. The summed E-state index contributed by atoms with van der Waals surface area (Å²) in [7, 11) is 0. The average Bonchev–Trinajstić information content (AvgIpc) is 2.92. The Morgan fingerprint density at radius 2 is 1.17 bits per heavy atom. The van der Waals surface area contributed by atoms with Crippen molar-refractivity contribution < 1.29 is 10.2 Å². The van der Waals surface area contributed by atoms with Gasteiger partial charge in [0.25, 0.3) is 0 Å². The summed E-state index contributed by atoms with van der Waals surface area (Å²) in [5, 5.41) is 16.8. The summed E-state index contributed by atoms with van der Waals surface area (Å²) >= 11 is 0. The summed E-state index contributed by atoms with van der Waals surface area (Å²) in [6, 6.07) is 0. The molecule has 2 aromatic rings. The first-order chi connectivity index (χ1) is 7.86. The van der Waals surface area contributed by atoms with Crippen LogP contribution in [0, 0.1) is 0 Å². The van der Waals surface area contributed by atoms with Gasteiger partial charge in [-0.15, -0.1) is 24.8 Å². The van der Waals surface area contributed by atoms with Crippen LogP contribution in [0.25, 0.3) is 0 Å². The van der Waals surface area contributed by atoms with E-state index in [2.05, 4.69) is 9.97 Å². The van der Waals surface area contributed by atoms with Crippen molar-refractivity contribution in [2.75, 3.05) is 13.2 Å². The van der Waals surface area contributed by atoms with Gasteiger partial charge < -0.3 is 19.3 Å². The molecule has 0 saturated carbocycles. The standard InChI is InChI=1S/2C5H8N2O.2ClH/c2*8-4-3-7-2-1-6-5-7;;/h2*1-2,5,8H,3-4H2;2*1H. The Morgan fingerprint density at radius 1 is 0.778 bits per heavy atom. The topological polar surface area (TPSA) is 76.1 Å². The molecule has 0 atom stereocenters. The largest absolute Gasteiger partial charge is 0.395 e. The summed E-state index contributed by atoms with van der Waals surface area (Å²) in [4.78, 5) is 7.59. The van der Waals surface area contributed by atoms with Gasteiger partial charge in [0.05, 0.1) is 25.9 Å². The van der Waals surface area contributed by atoms with Crippen molar-refractivity contribution in [1.29, 1.82) is 0 Å². The third-order valence-corrected chi connectivity index (χ3v) is 1.83. The zero-order valence-electron chi connectivity index (χ0n) is 9.79. The van der Waals surface area contributed by atoms with Crippen molar-refractivity contribution in [3.8, 4) is 0 Å². The molecule has 2 rings (SSSR count). The molecule has 0 aliphatic carbocycles. The lowest BCUT2D eigenvalue weighted by molar-refractivity contribution is 0.275. The van der Waals surface area contributed by atoms with Crippen LogP contribution in [-0.2, 0) is 13.1 Å². The van der Waals surface area contributed by atoms with Gasteiger partial charge in [-0.25, -0.2) is 9.97 Å². The Morgan fingerprint density at radius 3 is 1.39 bits per heavy atom. The Kier molecular flexibility index (Phi) is 13.2. The first-order valence-corrected chi connectivity index (χ1v) is 5.00. The molecule has 2 N–H and O–H groups in total. The number of imidazole rings is 2. The molecule has 0 aromatic carbocycles. The highest BCUT2D eigenvalue weighted by Crippen LogP contribution is 1.82. The third-order valence-electron chi connectivity index (χ3n) is 1.83. The van der Waals surface area contributed by atoms with Crippen LogP contribution >= 0.6 is 24.8 Å². The Hall–Kier alpha value is -1.08. The van der Waals surface area contributed by atoms with E-state index >= 15 is 0 Å². The van der Waals surface area contributed by atoms with Crippen LogP contribution in [0.4, 0.5) is 0 Å². The molecule has 8 heteroatoms. The molecule has 0 spiro atoms. The molecule has 6 nitrogen and oxygen atoms in total. The van der Waals surface area contributed by atoms with Crippen LogP contribution in [0.5, 0.6) is 0 Å². The first-order valence-electron chi connectivity index (χ1n) is 5.00. The van der Waals surface area contributed by atoms with Gasteiger partial charge in [0.2, 0.25) is 0 Å². The van der Waals surface area contributed by atoms with Gasteiger partial charge in [0.1, 0.15) is 0 Å². The van der Waals surface area contributed by atoms with Crippen molar-refractivity contribution in [2.24, 2.45) is 0 Å². The van der Waals surface area contributed by atoms with E-state index in [4.69, 9.17) is 10.2 Å². The molecular weight excluding hydrogens is 279 g/mol. The second-order valence-electron chi connectivity index (χ2n) is 3.05. The molecule has 0 bridgehead atoms. The normalized spacial score (nSPS) is 8.56. The summed E-state index contributed by atoms with van der Waals surface area (Å²) in [5.74, 6) is 0. The number of aliphatic hydroxyl groups is 2. The highest BCUT2D eigenvalue weighted by atomic mass is 35.5. The van der Waals surface area contributed by atoms with Crippen molar-refractivity contribution in [2.45, 2.75) is 13.1 Å². The van der Waals surface area contributed by atoms with E-state index < -0.39 is 0 Å². The lowest BCUT2D eigenvalue weighted by Crippen LogP contribution is -1.97. The van der Waals surface area contributed by atoms with E-state index in [0.29, 0.717) is 13.1 Å². The molecule has 0 unspecified atom stereocenters. The highest BCUT2D eigenvalue weighted by molar-refractivity contribution is 5.85. The number of aromatic nitrogens is 4. The van der Waals surface area contributed by atoms with Gasteiger partial charge in [0.15, 0.2) is 0 Å². The molecule has 0 radical (unpaired) electrons. The smallest absolute Gasteiger partial charge is 0.0946 e. The number of halogens is 2. The summed E-state index contributed by atoms with van der Waals surface area (Å²) in [6.45, 7) is 1.63. The Balaban J connectivity index is 0.